The van der Waals surface area contributed by atoms with E-state index in [-0.39, 0.29) is 0 Å². The van der Waals surface area contributed by atoms with Crippen LogP contribution in [-0.2, 0) is 0 Å². The van der Waals surface area contributed by atoms with Gasteiger partial charge in [-0.05, 0) is 37.1 Å². The van der Waals surface area contributed by atoms with Gasteiger partial charge >= 0.3 is 0 Å². The first-order valence-electron chi connectivity index (χ1n) is 7.80. The van der Waals surface area contributed by atoms with E-state index in [0.29, 0.717) is 19.1 Å². The highest BCUT2D eigenvalue weighted by Crippen LogP contribution is 2.18. The minimum absolute atomic E-state index is 0.517. The molecule has 0 saturated carbocycles. The average Bonchev–Trinajstić information content (AvgIpc) is 3.14. The average molecular weight is 315 g/mol. The van der Waals surface area contributed by atoms with Gasteiger partial charge in [-0.25, -0.2) is 0 Å². The Labute approximate surface area is 135 Å². The molecule has 0 amide bonds. The number of hydrogen-bond acceptors (Lipinski definition) is 7. The molecule has 1 aliphatic heterocycles. The molecule has 122 valence electrons. The van der Waals surface area contributed by atoms with Crippen LogP contribution in [0.15, 0.2) is 30.5 Å². The summed E-state index contributed by atoms with van der Waals surface area (Å²) in [5.74, 6) is 3.04. The second-order valence-electron chi connectivity index (χ2n) is 5.28. The molecule has 23 heavy (non-hydrogen) atoms. The number of anilines is 2. The fraction of sp³-hybridized carbons (Fsp3) is 0.438. The van der Waals surface area contributed by atoms with E-state index in [2.05, 4.69) is 25.4 Å². The van der Waals surface area contributed by atoms with Crippen molar-refractivity contribution in [3.05, 3.63) is 30.5 Å². The van der Waals surface area contributed by atoms with E-state index in [1.165, 1.54) is 12.8 Å². The molecule has 1 N–H and O–H groups in total. The second-order valence-corrected chi connectivity index (χ2v) is 5.28. The Morgan fingerprint density at radius 1 is 1.13 bits per heavy atom. The highest BCUT2D eigenvalue weighted by atomic mass is 16.5. The van der Waals surface area contributed by atoms with Crippen molar-refractivity contribution in [2.75, 3.05) is 43.6 Å². The molecule has 1 fully saturated rings. The van der Waals surface area contributed by atoms with Gasteiger partial charge < -0.3 is 19.7 Å². The summed E-state index contributed by atoms with van der Waals surface area (Å²) in [5.41, 5.74) is 0. The molecule has 1 aromatic carbocycles. The molecule has 0 spiro atoms. The molecule has 0 aliphatic carbocycles. The number of nitrogens with zero attached hydrogens (tertiary/aromatic N) is 4. The molecule has 1 aliphatic rings. The van der Waals surface area contributed by atoms with Gasteiger partial charge in [-0.1, -0.05) is 0 Å². The van der Waals surface area contributed by atoms with E-state index in [9.17, 15) is 0 Å². The first-order chi connectivity index (χ1) is 11.3. The van der Waals surface area contributed by atoms with Crippen LogP contribution in [-0.4, -0.2) is 48.5 Å². The van der Waals surface area contributed by atoms with Crippen molar-refractivity contribution in [1.29, 1.82) is 0 Å². The van der Waals surface area contributed by atoms with E-state index in [1.54, 1.807) is 13.3 Å². The van der Waals surface area contributed by atoms with Crippen molar-refractivity contribution in [2.45, 2.75) is 12.8 Å². The Morgan fingerprint density at radius 3 is 2.61 bits per heavy atom. The van der Waals surface area contributed by atoms with Gasteiger partial charge in [0, 0.05) is 13.1 Å². The number of hydrogen-bond donors (Lipinski definition) is 1. The molecule has 3 rings (SSSR count). The summed E-state index contributed by atoms with van der Waals surface area (Å²) in [6.45, 7) is 3.21. The molecular formula is C16H21N5O2. The number of rotatable bonds is 7. The summed E-state index contributed by atoms with van der Waals surface area (Å²) in [4.78, 5) is 6.72. The molecule has 0 bridgehead atoms. The third-order valence-corrected chi connectivity index (χ3v) is 3.69. The lowest BCUT2D eigenvalue weighted by atomic mass is 10.3. The van der Waals surface area contributed by atoms with Gasteiger partial charge in [0.2, 0.25) is 5.95 Å². The van der Waals surface area contributed by atoms with E-state index in [1.807, 2.05) is 24.3 Å². The molecule has 1 saturated heterocycles. The summed E-state index contributed by atoms with van der Waals surface area (Å²) in [7, 11) is 1.64. The van der Waals surface area contributed by atoms with Crippen molar-refractivity contribution in [3.8, 4) is 11.5 Å². The van der Waals surface area contributed by atoms with Crippen LogP contribution < -0.4 is 19.7 Å². The van der Waals surface area contributed by atoms with Crippen molar-refractivity contribution in [1.82, 2.24) is 15.2 Å². The molecule has 0 unspecified atom stereocenters. The van der Waals surface area contributed by atoms with Crippen molar-refractivity contribution >= 4 is 11.8 Å². The Balaban J connectivity index is 1.45. The van der Waals surface area contributed by atoms with Crippen molar-refractivity contribution < 1.29 is 9.47 Å². The number of methoxy groups -OCH3 is 1. The van der Waals surface area contributed by atoms with E-state index >= 15 is 0 Å². The zero-order valence-electron chi connectivity index (χ0n) is 13.2. The molecule has 2 aromatic rings. The monoisotopic (exact) mass is 315 g/mol. The van der Waals surface area contributed by atoms with Crippen LogP contribution in [0.4, 0.5) is 11.8 Å². The standard InChI is InChI=1S/C16H21N5O2/c1-22-13-4-6-14(7-5-13)23-11-8-17-16-19-15(12-18-20-16)21-9-2-3-10-21/h4-7,12H,2-3,8-11H2,1H3,(H,17,19,20). The maximum atomic E-state index is 5.65. The molecule has 1 aromatic heterocycles. The minimum atomic E-state index is 0.517. The fourth-order valence-corrected chi connectivity index (χ4v) is 2.47. The highest BCUT2D eigenvalue weighted by Gasteiger charge is 2.14. The number of nitrogens with one attached hydrogen (secondary N) is 1. The zero-order valence-corrected chi connectivity index (χ0v) is 13.2. The zero-order chi connectivity index (χ0) is 15.9. The van der Waals surface area contributed by atoms with Gasteiger partial charge in [0.05, 0.1) is 19.9 Å². The summed E-state index contributed by atoms with van der Waals surface area (Å²) >= 11 is 0. The van der Waals surface area contributed by atoms with Gasteiger partial charge in [0.25, 0.3) is 0 Å². The smallest absolute Gasteiger partial charge is 0.244 e. The van der Waals surface area contributed by atoms with Gasteiger partial charge in [-0.3, -0.25) is 0 Å². The van der Waals surface area contributed by atoms with Gasteiger partial charge in [-0.15, -0.1) is 5.10 Å². The van der Waals surface area contributed by atoms with Crippen LogP contribution in [0.1, 0.15) is 12.8 Å². The molecule has 2 heterocycles. The van der Waals surface area contributed by atoms with Crippen LogP contribution in [0.5, 0.6) is 11.5 Å². The maximum absolute atomic E-state index is 5.65. The maximum Gasteiger partial charge on any atom is 0.244 e. The van der Waals surface area contributed by atoms with Crippen molar-refractivity contribution in [3.63, 3.8) is 0 Å². The van der Waals surface area contributed by atoms with Gasteiger partial charge in [0.1, 0.15) is 18.1 Å². The molecule has 7 nitrogen and oxygen atoms in total. The third kappa shape index (κ3) is 4.21. The summed E-state index contributed by atoms with van der Waals surface area (Å²) in [5, 5.41) is 11.2. The van der Waals surface area contributed by atoms with Crippen LogP contribution >= 0.6 is 0 Å². The Bertz CT molecular complexity index is 614. The summed E-state index contributed by atoms with van der Waals surface area (Å²) in [6, 6.07) is 7.50. The predicted molar refractivity (Wildman–Crippen MR) is 88.3 cm³/mol. The normalized spacial score (nSPS) is 13.9. The molecule has 7 heteroatoms. The Hall–Kier alpha value is -2.57. The Morgan fingerprint density at radius 2 is 1.87 bits per heavy atom. The SMILES string of the molecule is COc1ccc(OCCNc2nncc(N3CCCC3)n2)cc1. The molecular weight excluding hydrogens is 294 g/mol. The van der Waals surface area contributed by atoms with Gasteiger partial charge in [-0.2, -0.15) is 10.1 Å². The first kappa shape index (κ1) is 15.3. The van der Waals surface area contributed by atoms with Crippen LogP contribution in [0.2, 0.25) is 0 Å². The number of aromatic nitrogens is 3. The minimum Gasteiger partial charge on any atom is -0.497 e. The molecule has 0 radical (unpaired) electrons. The summed E-state index contributed by atoms with van der Waals surface area (Å²) in [6.07, 6.45) is 4.13. The number of benzene rings is 1. The van der Waals surface area contributed by atoms with E-state index in [4.69, 9.17) is 9.47 Å². The quantitative estimate of drug-likeness (QED) is 0.783. The fourth-order valence-electron chi connectivity index (χ4n) is 2.47. The third-order valence-electron chi connectivity index (χ3n) is 3.69. The van der Waals surface area contributed by atoms with Crippen LogP contribution in [0.3, 0.4) is 0 Å². The topological polar surface area (TPSA) is 72.4 Å². The molecule has 0 atom stereocenters. The van der Waals surface area contributed by atoms with Crippen LogP contribution in [0, 0.1) is 0 Å². The van der Waals surface area contributed by atoms with E-state index < -0.39 is 0 Å². The van der Waals surface area contributed by atoms with E-state index in [0.717, 1.165) is 30.4 Å². The summed E-state index contributed by atoms with van der Waals surface area (Å²) < 4.78 is 10.8. The lowest BCUT2D eigenvalue weighted by Gasteiger charge is -2.16. The Kier molecular flexibility index (Phi) is 5.08. The predicted octanol–water partition coefficient (Wildman–Crippen LogP) is 1.97. The highest BCUT2D eigenvalue weighted by molar-refractivity contribution is 5.40. The van der Waals surface area contributed by atoms with Crippen molar-refractivity contribution in [2.24, 2.45) is 0 Å². The largest absolute Gasteiger partial charge is 0.497 e. The number of ether oxygens (including phenoxy) is 2. The van der Waals surface area contributed by atoms with Gasteiger partial charge in [0.15, 0.2) is 5.82 Å². The van der Waals surface area contributed by atoms with Crippen LogP contribution in [0.25, 0.3) is 0 Å². The lowest BCUT2D eigenvalue weighted by Crippen LogP contribution is -2.21. The first-order valence-corrected chi connectivity index (χ1v) is 7.80. The lowest BCUT2D eigenvalue weighted by molar-refractivity contribution is 0.331. The second kappa shape index (κ2) is 7.62.